The van der Waals surface area contributed by atoms with Crippen LogP contribution in [0.5, 0.6) is 5.75 Å². The number of rotatable bonds is 11. The number of carbonyl (C=O) groups excluding carboxylic acids is 2. The van der Waals surface area contributed by atoms with Crippen molar-refractivity contribution in [2.45, 2.75) is 51.6 Å². The van der Waals surface area contributed by atoms with Gasteiger partial charge in [-0.25, -0.2) is 4.39 Å². The lowest BCUT2D eigenvalue weighted by Gasteiger charge is -2.29. The molecule has 0 aliphatic carbocycles. The average Bonchev–Trinajstić information content (AvgIpc) is 2.78. The molecule has 0 aliphatic heterocycles. The molecule has 5 nitrogen and oxygen atoms in total. The van der Waals surface area contributed by atoms with E-state index in [0.717, 1.165) is 12.0 Å². The fraction of sp³-hybridized carbons (Fsp3) is 0.417. The Balaban J connectivity index is 2.11. The predicted molar refractivity (Wildman–Crippen MR) is 123 cm³/mol. The summed E-state index contributed by atoms with van der Waals surface area (Å²) in [6, 6.07) is 13.4. The van der Waals surface area contributed by atoms with Crippen LogP contribution in [0.15, 0.2) is 48.5 Å². The first-order valence-corrected chi connectivity index (χ1v) is 11.5. The number of methoxy groups -OCH3 is 1. The molecule has 168 valence electrons. The summed E-state index contributed by atoms with van der Waals surface area (Å²) >= 11 is 1.34. The molecule has 0 unspecified atom stereocenters. The van der Waals surface area contributed by atoms with Crippen LogP contribution in [-0.4, -0.2) is 41.7 Å². The third kappa shape index (κ3) is 7.58. The van der Waals surface area contributed by atoms with Crippen molar-refractivity contribution >= 4 is 23.6 Å². The van der Waals surface area contributed by atoms with Crippen molar-refractivity contribution < 1.29 is 18.7 Å². The molecule has 0 saturated heterocycles. The minimum Gasteiger partial charge on any atom is -0.497 e. The summed E-state index contributed by atoms with van der Waals surface area (Å²) in [5, 5.41) is 2.95. The molecule has 0 fully saturated rings. The van der Waals surface area contributed by atoms with Crippen molar-refractivity contribution in [2.24, 2.45) is 0 Å². The average molecular weight is 447 g/mol. The zero-order valence-corrected chi connectivity index (χ0v) is 19.4. The highest BCUT2D eigenvalue weighted by atomic mass is 32.2. The number of halogens is 1. The third-order valence-electron chi connectivity index (χ3n) is 5.10. The number of nitrogens with zero attached hydrogens (tertiary/aromatic N) is 1. The largest absolute Gasteiger partial charge is 0.497 e. The van der Waals surface area contributed by atoms with E-state index < -0.39 is 6.04 Å². The van der Waals surface area contributed by atoms with Gasteiger partial charge in [-0.2, -0.15) is 0 Å². The molecule has 31 heavy (non-hydrogen) atoms. The zero-order chi connectivity index (χ0) is 22.8. The van der Waals surface area contributed by atoms with Crippen LogP contribution in [0.25, 0.3) is 0 Å². The van der Waals surface area contributed by atoms with Gasteiger partial charge in [0.15, 0.2) is 0 Å². The predicted octanol–water partition coefficient (Wildman–Crippen LogP) is 4.40. The number of hydrogen-bond donors (Lipinski definition) is 1. The number of carbonyl (C=O) groups is 2. The van der Waals surface area contributed by atoms with Gasteiger partial charge in [-0.1, -0.05) is 37.3 Å². The first-order chi connectivity index (χ1) is 14.8. The molecule has 2 amide bonds. The van der Waals surface area contributed by atoms with Crippen molar-refractivity contribution in [1.29, 1.82) is 0 Å². The molecule has 0 spiro atoms. The molecule has 0 heterocycles. The molecule has 0 saturated carbocycles. The van der Waals surface area contributed by atoms with E-state index in [9.17, 15) is 14.0 Å². The molecule has 0 aromatic heterocycles. The van der Waals surface area contributed by atoms with Crippen LogP contribution in [0, 0.1) is 5.82 Å². The van der Waals surface area contributed by atoms with Crippen molar-refractivity contribution in [3.63, 3.8) is 0 Å². The summed E-state index contributed by atoms with van der Waals surface area (Å²) in [4.78, 5) is 27.4. The van der Waals surface area contributed by atoms with Crippen molar-refractivity contribution in [3.05, 3.63) is 65.5 Å². The maximum Gasteiger partial charge on any atom is 0.242 e. The standard InChI is InChI=1S/C24H31FN2O3S/c1-5-17(2)26-24(29)18(3)27(14-19-9-8-11-21(13-19)30-4)23(28)16-31-15-20-10-6-7-12-22(20)25/h6-13,17-18H,5,14-16H2,1-4H3,(H,26,29)/t17-,18+/m0/s1. The monoisotopic (exact) mass is 446 g/mol. The Morgan fingerprint density at radius 3 is 2.58 bits per heavy atom. The molecule has 2 atom stereocenters. The van der Waals surface area contributed by atoms with E-state index in [1.54, 1.807) is 37.1 Å². The summed E-state index contributed by atoms with van der Waals surface area (Å²) in [5.74, 6) is 0.589. The van der Waals surface area contributed by atoms with Gasteiger partial charge in [-0.05, 0) is 49.6 Å². The van der Waals surface area contributed by atoms with Crippen molar-refractivity contribution in [2.75, 3.05) is 12.9 Å². The molecular formula is C24H31FN2O3S. The Hall–Kier alpha value is -2.54. The first-order valence-electron chi connectivity index (χ1n) is 10.4. The summed E-state index contributed by atoms with van der Waals surface area (Å²) in [7, 11) is 1.59. The maximum absolute atomic E-state index is 13.8. The lowest BCUT2D eigenvalue weighted by Crippen LogP contribution is -2.50. The molecule has 0 radical (unpaired) electrons. The molecule has 0 aliphatic rings. The Kier molecular flexibility index (Phi) is 9.85. The van der Waals surface area contributed by atoms with Gasteiger partial charge in [-0.15, -0.1) is 11.8 Å². The van der Waals surface area contributed by atoms with Gasteiger partial charge >= 0.3 is 0 Å². The minimum absolute atomic E-state index is 0.0270. The number of benzene rings is 2. The second-order valence-electron chi connectivity index (χ2n) is 7.45. The highest BCUT2D eigenvalue weighted by molar-refractivity contribution is 7.99. The van der Waals surface area contributed by atoms with Gasteiger partial charge in [0.05, 0.1) is 12.9 Å². The number of ether oxygens (including phenoxy) is 1. The molecule has 2 aromatic rings. The summed E-state index contributed by atoms with van der Waals surface area (Å²) < 4.78 is 19.1. The SMILES string of the molecule is CC[C@H](C)NC(=O)[C@@H](C)N(Cc1cccc(OC)c1)C(=O)CSCc1ccccc1F. The van der Waals surface area contributed by atoms with E-state index in [4.69, 9.17) is 4.74 Å². The Bertz CT molecular complexity index is 877. The Morgan fingerprint density at radius 2 is 1.90 bits per heavy atom. The van der Waals surface area contributed by atoms with E-state index in [-0.39, 0.29) is 36.0 Å². The van der Waals surface area contributed by atoms with Gasteiger partial charge in [0, 0.05) is 18.3 Å². The molecule has 2 rings (SSSR count). The second-order valence-corrected chi connectivity index (χ2v) is 8.44. The normalized spacial score (nSPS) is 12.7. The molecule has 7 heteroatoms. The summed E-state index contributed by atoms with van der Waals surface area (Å²) in [6.07, 6.45) is 0.806. The van der Waals surface area contributed by atoms with Crippen LogP contribution in [0.4, 0.5) is 4.39 Å². The lowest BCUT2D eigenvalue weighted by atomic mass is 10.1. The van der Waals surface area contributed by atoms with Crippen LogP contribution in [0.3, 0.4) is 0 Å². The van der Waals surface area contributed by atoms with E-state index >= 15 is 0 Å². The fourth-order valence-electron chi connectivity index (χ4n) is 2.96. The minimum atomic E-state index is -0.637. The molecule has 0 bridgehead atoms. The highest BCUT2D eigenvalue weighted by Gasteiger charge is 2.26. The smallest absolute Gasteiger partial charge is 0.242 e. The van der Waals surface area contributed by atoms with Crippen LogP contribution >= 0.6 is 11.8 Å². The third-order valence-corrected chi connectivity index (χ3v) is 6.06. The van der Waals surface area contributed by atoms with E-state index in [1.165, 1.54) is 17.8 Å². The van der Waals surface area contributed by atoms with Crippen molar-refractivity contribution in [1.82, 2.24) is 10.2 Å². The quantitative estimate of drug-likeness (QED) is 0.556. The van der Waals surface area contributed by atoms with Gasteiger partial charge < -0.3 is 15.0 Å². The maximum atomic E-state index is 13.8. The number of nitrogens with one attached hydrogen (secondary N) is 1. The van der Waals surface area contributed by atoms with Gasteiger partial charge in [0.1, 0.15) is 17.6 Å². The van der Waals surface area contributed by atoms with Crippen LogP contribution in [0.1, 0.15) is 38.3 Å². The molecular weight excluding hydrogens is 415 g/mol. The van der Waals surface area contributed by atoms with E-state index in [1.807, 2.05) is 38.1 Å². The topological polar surface area (TPSA) is 58.6 Å². The Labute approximate surface area is 188 Å². The lowest BCUT2D eigenvalue weighted by molar-refractivity contribution is -0.138. The second kappa shape index (κ2) is 12.3. The Morgan fingerprint density at radius 1 is 1.16 bits per heavy atom. The van der Waals surface area contributed by atoms with Gasteiger partial charge in [0.2, 0.25) is 11.8 Å². The number of amides is 2. The van der Waals surface area contributed by atoms with Gasteiger partial charge in [0.25, 0.3) is 0 Å². The highest BCUT2D eigenvalue weighted by Crippen LogP contribution is 2.19. The van der Waals surface area contributed by atoms with Crippen LogP contribution < -0.4 is 10.1 Å². The first kappa shape index (κ1) is 24.7. The number of hydrogen-bond acceptors (Lipinski definition) is 4. The van der Waals surface area contributed by atoms with Gasteiger partial charge in [-0.3, -0.25) is 9.59 Å². The summed E-state index contributed by atoms with van der Waals surface area (Å²) in [6.45, 7) is 5.94. The van der Waals surface area contributed by atoms with Crippen LogP contribution in [0.2, 0.25) is 0 Å². The molecule has 2 aromatic carbocycles. The fourth-order valence-corrected chi connectivity index (χ4v) is 3.86. The van der Waals surface area contributed by atoms with E-state index in [0.29, 0.717) is 17.1 Å². The van der Waals surface area contributed by atoms with Crippen LogP contribution in [-0.2, 0) is 21.9 Å². The van der Waals surface area contributed by atoms with Crippen molar-refractivity contribution in [3.8, 4) is 5.75 Å². The zero-order valence-electron chi connectivity index (χ0n) is 18.6. The molecule has 1 N–H and O–H groups in total. The van der Waals surface area contributed by atoms with E-state index in [2.05, 4.69) is 5.32 Å². The summed E-state index contributed by atoms with van der Waals surface area (Å²) in [5.41, 5.74) is 1.43. The number of thioether (sulfide) groups is 1.